The van der Waals surface area contributed by atoms with Crippen LogP contribution in [-0.2, 0) is 0 Å². The summed E-state index contributed by atoms with van der Waals surface area (Å²) in [5, 5.41) is 44.6. The predicted molar refractivity (Wildman–Crippen MR) is 446 cm³/mol. The van der Waals surface area contributed by atoms with Crippen molar-refractivity contribution in [1.29, 1.82) is 21.0 Å². The number of nitriles is 4. The molecule has 0 aliphatic heterocycles. The van der Waals surface area contributed by atoms with Crippen LogP contribution in [0.15, 0.2) is 352 Å². The summed E-state index contributed by atoms with van der Waals surface area (Å²) in [6.45, 7) is 0. The average molecular weight is 1430 g/mol. The molecule has 19 aromatic rings. The first-order valence-corrected chi connectivity index (χ1v) is 36.6. The van der Waals surface area contributed by atoms with E-state index in [1.165, 1.54) is 0 Å². The second kappa shape index (κ2) is 28.3. The van der Waals surface area contributed by atoms with Crippen molar-refractivity contribution in [2.45, 2.75) is 0 Å². The summed E-state index contributed by atoms with van der Waals surface area (Å²) < 4.78 is 4.68. The molecule has 15 aromatic carbocycles. The fraction of sp³-hybridized carbons (Fsp3) is 0. The minimum atomic E-state index is 0.450. The van der Waals surface area contributed by atoms with Gasteiger partial charge in [-0.1, -0.05) is 237 Å². The minimum absolute atomic E-state index is 0.450. The quantitative estimate of drug-likeness (QED) is 0.102. The highest BCUT2D eigenvalue weighted by Crippen LogP contribution is 2.48. The van der Waals surface area contributed by atoms with Crippen LogP contribution in [-0.4, -0.2) is 39.0 Å². The molecule has 518 valence electrons. The predicted octanol–water partition coefficient (Wildman–Crippen LogP) is 23.7. The first-order valence-electron chi connectivity index (χ1n) is 36.6. The lowest BCUT2D eigenvalue weighted by Crippen LogP contribution is -2.05. The Kier molecular flexibility index (Phi) is 16.8. The van der Waals surface area contributed by atoms with E-state index in [4.69, 9.17) is 29.9 Å². The zero-order chi connectivity index (χ0) is 75.2. The molecule has 0 radical (unpaired) electrons. The van der Waals surface area contributed by atoms with Crippen molar-refractivity contribution < 1.29 is 0 Å². The van der Waals surface area contributed by atoms with E-state index < -0.39 is 0 Å². The van der Waals surface area contributed by atoms with Crippen LogP contribution in [0.4, 0.5) is 0 Å². The first kappa shape index (κ1) is 66.6. The Morgan fingerprint density at radius 1 is 0.188 bits per heavy atom. The van der Waals surface area contributed by atoms with E-state index in [0.29, 0.717) is 57.2 Å². The maximum Gasteiger partial charge on any atom is 0.164 e. The molecular formula is C100H58N12. The van der Waals surface area contributed by atoms with Gasteiger partial charge in [0.2, 0.25) is 0 Å². The molecule has 0 bridgehead atoms. The molecule has 4 heterocycles. The topological polar surface area (TPSA) is 182 Å². The van der Waals surface area contributed by atoms with Crippen molar-refractivity contribution in [3.05, 3.63) is 374 Å². The van der Waals surface area contributed by atoms with Gasteiger partial charge in [0.05, 0.1) is 80.0 Å². The molecule has 112 heavy (non-hydrogen) atoms. The fourth-order valence-electron chi connectivity index (χ4n) is 15.5. The monoisotopic (exact) mass is 1430 g/mol. The number of hydrogen-bond acceptors (Lipinski definition) is 10. The van der Waals surface area contributed by atoms with Crippen LogP contribution in [0.1, 0.15) is 22.3 Å². The number of benzene rings is 15. The molecule has 0 aliphatic rings. The summed E-state index contributed by atoms with van der Waals surface area (Å²) in [7, 11) is 0. The third-order valence-corrected chi connectivity index (χ3v) is 20.7. The van der Waals surface area contributed by atoms with E-state index >= 15 is 0 Å². The maximum atomic E-state index is 10.2. The van der Waals surface area contributed by atoms with Crippen molar-refractivity contribution in [3.8, 4) is 171 Å². The summed E-state index contributed by atoms with van der Waals surface area (Å²) in [4.78, 5) is 32.4. The zero-order valence-electron chi connectivity index (χ0n) is 59.9. The lowest BCUT2D eigenvalue weighted by Gasteiger charge is -2.21. The Morgan fingerprint density at radius 2 is 0.420 bits per heavy atom. The zero-order valence-corrected chi connectivity index (χ0v) is 59.9. The molecule has 0 spiro atoms. The van der Waals surface area contributed by atoms with Gasteiger partial charge in [-0.3, -0.25) is 0 Å². The van der Waals surface area contributed by atoms with Gasteiger partial charge in [-0.05, 0) is 171 Å². The Morgan fingerprint density at radius 3 is 0.696 bits per heavy atom. The second-order valence-corrected chi connectivity index (χ2v) is 27.4. The van der Waals surface area contributed by atoms with Crippen LogP contribution in [0.25, 0.3) is 190 Å². The van der Waals surface area contributed by atoms with E-state index in [1.807, 2.05) is 218 Å². The third-order valence-electron chi connectivity index (χ3n) is 20.7. The van der Waals surface area contributed by atoms with Gasteiger partial charge < -0.3 is 9.13 Å². The second-order valence-electron chi connectivity index (χ2n) is 27.4. The van der Waals surface area contributed by atoms with Gasteiger partial charge in [0, 0.05) is 66.1 Å². The first-order chi connectivity index (χ1) is 55.3. The summed E-state index contributed by atoms with van der Waals surface area (Å²) in [6, 6.07) is 128. The number of rotatable bonds is 14. The molecule has 0 atom stereocenters. The Bertz CT molecular complexity index is 6410. The van der Waals surface area contributed by atoms with E-state index in [1.54, 1.807) is 0 Å². The number of aromatic nitrogens is 8. The van der Waals surface area contributed by atoms with Crippen molar-refractivity contribution in [1.82, 2.24) is 39.0 Å². The van der Waals surface area contributed by atoms with Gasteiger partial charge in [-0.25, -0.2) is 29.9 Å². The normalized spacial score (nSPS) is 11.2. The molecule has 0 fully saturated rings. The maximum absolute atomic E-state index is 10.2. The molecular weight excluding hydrogens is 1370 g/mol. The summed E-state index contributed by atoms with van der Waals surface area (Å²) >= 11 is 0. The highest BCUT2D eigenvalue weighted by Gasteiger charge is 2.27. The van der Waals surface area contributed by atoms with Crippen molar-refractivity contribution in [2.75, 3.05) is 0 Å². The molecule has 4 aromatic heterocycles. The van der Waals surface area contributed by atoms with E-state index in [2.05, 4.69) is 167 Å². The van der Waals surface area contributed by atoms with Crippen LogP contribution in [0.3, 0.4) is 0 Å². The van der Waals surface area contributed by atoms with Gasteiger partial charge in [-0.15, -0.1) is 0 Å². The minimum Gasteiger partial charge on any atom is -0.309 e. The van der Waals surface area contributed by atoms with Crippen LogP contribution in [0.2, 0.25) is 0 Å². The molecule has 19 rings (SSSR count). The van der Waals surface area contributed by atoms with Gasteiger partial charge in [0.15, 0.2) is 34.9 Å². The number of fused-ring (bicyclic) bond motifs is 6. The highest BCUT2D eigenvalue weighted by molar-refractivity contribution is 6.14. The van der Waals surface area contributed by atoms with Crippen molar-refractivity contribution >= 4 is 43.6 Å². The Balaban J connectivity index is 0.916. The Hall–Kier alpha value is -16.1. The highest BCUT2D eigenvalue weighted by atomic mass is 15.1. The SMILES string of the molecule is N#Cc1cccc(-c2ccc3c(c2)c2cc(-c4cccc(C#N)c4)ccc2n3-c2cccc(-c3nc(-c4ccccc4)nc(-c4ccccc4)n3)c2-c2cccc(-c3c(-c4nc(-c5ccccc5)nc(-c5ccccc5)n4)cccc3-n3c4ccc(-c5cccc(C#N)c5)cc4c4cc(-c5cccc(C#N)c5)ccc43)c2)c1. The van der Waals surface area contributed by atoms with Crippen molar-refractivity contribution in [2.24, 2.45) is 0 Å². The summed E-state index contributed by atoms with van der Waals surface area (Å²) in [5.74, 6) is 2.92. The van der Waals surface area contributed by atoms with E-state index in [0.717, 1.165) is 155 Å². The van der Waals surface area contributed by atoms with Crippen LogP contribution in [0, 0.1) is 45.3 Å². The third kappa shape index (κ3) is 12.2. The smallest absolute Gasteiger partial charge is 0.164 e. The summed E-state index contributed by atoms with van der Waals surface area (Å²) in [6.07, 6.45) is 0. The molecule has 0 saturated heterocycles. The summed E-state index contributed by atoms with van der Waals surface area (Å²) in [5.41, 5.74) is 23.0. The lowest BCUT2D eigenvalue weighted by molar-refractivity contribution is 1.07. The van der Waals surface area contributed by atoms with Crippen LogP contribution >= 0.6 is 0 Å². The molecule has 12 heteroatoms. The van der Waals surface area contributed by atoms with Crippen LogP contribution in [0.5, 0.6) is 0 Å². The molecule has 0 saturated carbocycles. The lowest BCUT2D eigenvalue weighted by atomic mass is 9.91. The standard InChI is InChI=1S/C100H58N12/c101-59-63-20-13-32-71(50-63)75-42-46-87-83(55-75)84-56-76(72-33-14-21-64(51-72)60-102)43-47-88(84)111(87)91-40-18-38-81(99-107-95(67-24-5-1-6-25-67)105-96(108-99)68-26-7-2-8-27-68)93(91)79-36-17-37-80(54-79)94-82(100-109-97(69-28-9-3-10-29-69)106-98(110-100)70-30-11-4-12-31-70)39-19-41-92(94)112-89-48-44-77(73-34-15-22-65(52-73)61-103)57-85(89)86-58-78(45-49-90(86)112)74-35-16-23-66(53-74)62-104/h1-58H. The van der Waals surface area contributed by atoms with Gasteiger partial charge >= 0.3 is 0 Å². The van der Waals surface area contributed by atoms with Crippen LogP contribution < -0.4 is 0 Å². The van der Waals surface area contributed by atoms with Gasteiger partial charge in [0.25, 0.3) is 0 Å². The molecule has 12 nitrogen and oxygen atoms in total. The number of nitrogens with zero attached hydrogens (tertiary/aromatic N) is 12. The fourth-order valence-corrected chi connectivity index (χ4v) is 15.5. The number of hydrogen-bond donors (Lipinski definition) is 0. The van der Waals surface area contributed by atoms with E-state index in [-0.39, 0.29) is 0 Å². The molecule has 0 N–H and O–H groups in total. The largest absolute Gasteiger partial charge is 0.309 e. The molecule has 0 amide bonds. The van der Waals surface area contributed by atoms with Gasteiger partial charge in [-0.2, -0.15) is 21.0 Å². The van der Waals surface area contributed by atoms with Gasteiger partial charge in [0.1, 0.15) is 0 Å². The van der Waals surface area contributed by atoms with Crippen molar-refractivity contribution in [3.63, 3.8) is 0 Å². The molecule has 0 aliphatic carbocycles. The Labute approximate surface area is 644 Å². The van der Waals surface area contributed by atoms with E-state index in [9.17, 15) is 21.0 Å². The average Bonchev–Trinajstić information content (AvgIpc) is 1.54. The molecule has 0 unspecified atom stereocenters.